The lowest BCUT2D eigenvalue weighted by molar-refractivity contribution is 0.110. The molecule has 0 radical (unpaired) electrons. The van der Waals surface area contributed by atoms with E-state index in [2.05, 4.69) is 32.6 Å². The van der Waals surface area contributed by atoms with Crippen molar-refractivity contribution in [2.24, 2.45) is 11.8 Å². The number of hydrogen-bond acceptors (Lipinski definition) is 1. The Balaban J connectivity index is 0.000000671. The molecule has 2 atom stereocenters. The van der Waals surface area contributed by atoms with Crippen LogP contribution in [0.15, 0.2) is 0 Å². The van der Waals surface area contributed by atoms with Crippen molar-refractivity contribution in [1.29, 1.82) is 0 Å². The standard InChI is InChI=1S/C10H21N.C2H6/c1-8(2)11-6-5-9(3)10(4)7-11;1-2/h8-10H,5-7H2,1-4H3;1-2H3. The average molecular weight is 185 g/mol. The molecule has 0 aromatic carbocycles. The van der Waals surface area contributed by atoms with Crippen LogP contribution in [0.3, 0.4) is 0 Å². The quantitative estimate of drug-likeness (QED) is 0.605. The largest absolute Gasteiger partial charge is 0.301 e. The molecular weight excluding hydrogens is 158 g/mol. The van der Waals surface area contributed by atoms with Gasteiger partial charge in [0.05, 0.1) is 0 Å². The number of nitrogens with zero attached hydrogens (tertiary/aromatic N) is 1. The van der Waals surface area contributed by atoms with E-state index >= 15 is 0 Å². The highest BCUT2D eigenvalue weighted by atomic mass is 15.2. The van der Waals surface area contributed by atoms with Gasteiger partial charge in [-0.3, -0.25) is 0 Å². The van der Waals surface area contributed by atoms with Crippen LogP contribution in [0.4, 0.5) is 0 Å². The molecule has 1 saturated heterocycles. The Morgan fingerprint density at radius 2 is 1.62 bits per heavy atom. The zero-order valence-electron chi connectivity index (χ0n) is 10.3. The van der Waals surface area contributed by atoms with E-state index in [1.54, 1.807) is 0 Å². The SMILES string of the molecule is CC.CC1CCN(C(C)C)CC1C. The van der Waals surface area contributed by atoms with Crippen LogP contribution in [-0.2, 0) is 0 Å². The molecular formula is C12H27N. The lowest BCUT2D eigenvalue weighted by Crippen LogP contribution is -2.42. The first kappa shape index (κ1) is 13.0. The molecule has 1 rings (SSSR count). The summed E-state index contributed by atoms with van der Waals surface area (Å²) < 4.78 is 0. The van der Waals surface area contributed by atoms with E-state index in [0.29, 0.717) is 0 Å². The van der Waals surface area contributed by atoms with Crippen molar-refractivity contribution in [3.05, 3.63) is 0 Å². The highest BCUT2D eigenvalue weighted by Crippen LogP contribution is 2.23. The second-order valence-electron chi connectivity index (χ2n) is 4.33. The van der Waals surface area contributed by atoms with E-state index in [0.717, 1.165) is 17.9 Å². The van der Waals surface area contributed by atoms with Gasteiger partial charge in [0.15, 0.2) is 0 Å². The summed E-state index contributed by atoms with van der Waals surface area (Å²) in [6.07, 6.45) is 1.39. The van der Waals surface area contributed by atoms with Gasteiger partial charge in [0, 0.05) is 12.6 Å². The second-order valence-corrected chi connectivity index (χ2v) is 4.33. The first-order chi connectivity index (χ1) is 6.11. The van der Waals surface area contributed by atoms with Crippen LogP contribution in [-0.4, -0.2) is 24.0 Å². The molecule has 0 spiro atoms. The first-order valence-electron chi connectivity index (χ1n) is 5.85. The van der Waals surface area contributed by atoms with E-state index in [9.17, 15) is 0 Å². The maximum absolute atomic E-state index is 2.59. The van der Waals surface area contributed by atoms with Gasteiger partial charge in [0.2, 0.25) is 0 Å². The first-order valence-corrected chi connectivity index (χ1v) is 5.85. The van der Waals surface area contributed by atoms with Crippen molar-refractivity contribution in [3.63, 3.8) is 0 Å². The molecule has 0 amide bonds. The number of likely N-dealkylation sites (tertiary alicyclic amines) is 1. The van der Waals surface area contributed by atoms with Gasteiger partial charge in [0.1, 0.15) is 0 Å². The van der Waals surface area contributed by atoms with Gasteiger partial charge >= 0.3 is 0 Å². The molecule has 0 saturated carbocycles. The van der Waals surface area contributed by atoms with Crippen LogP contribution in [0.5, 0.6) is 0 Å². The van der Waals surface area contributed by atoms with E-state index in [4.69, 9.17) is 0 Å². The fraction of sp³-hybridized carbons (Fsp3) is 1.00. The van der Waals surface area contributed by atoms with Crippen molar-refractivity contribution < 1.29 is 0 Å². The van der Waals surface area contributed by atoms with Crippen LogP contribution in [0.25, 0.3) is 0 Å². The number of hydrogen-bond donors (Lipinski definition) is 0. The smallest absolute Gasteiger partial charge is 0.00387 e. The Kier molecular flexibility index (Phi) is 6.40. The van der Waals surface area contributed by atoms with E-state index in [1.807, 2.05) is 13.8 Å². The molecule has 0 aliphatic carbocycles. The average Bonchev–Trinajstić information content (AvgIpc) is 2.13. The summed E-state index contributed by atoms with van der Waals surface area (Å²) in [4.78, 5) is 2.59. The third kappa shape index (κ3) is 4.12. The van der Waals surface area contributed by atoms with Crippen LogP contribution < -0.4 is 0 Å². The summed E-state index contributed by atoms with van der Waals surface area (Å²) in [6, 6.07) is 0.741. The van der Waals surface area contributed by atoms with Crippen molar-refractivity contribution in [1.82, 2.24) is 4.90 Å². The minimum atomic E-state index is 0.741. The van der Waals surface area contributed by atoms with Gasteiger partial charge in [-0.05, 0) is 38.6 Å². The van der Waals surface area contributed by atoms with Crippen LogP contribution in [0.2, 0.25) is 0 Å². The fourth-order valence-electron chi connectivity index (χ4n) is 1.76. The highest BCUT2D eigenvalue weighted by Gasteiger charge is 2.23. The van der Waals surface area contributed by atoms with Crippen molar-refractivity contribution >= 4 is 0 Å². The molecule has 0 aromatic heterocycles. The molecule has 0 bridgehead atoms. The Hall–Kier alpha value is -0.0400. The molecule has 2 unspecified atom stereocenters. The monoisotopic (exact) mass is 185 g/mol. The normalized spacial score (nSPS) is 29.8. The van der Waals surface area contributed by atoms with Crippen LogP contribution in [0.1, 0.15) is 48.0 Å². The molecule has 0 N–H and O–H groups in total. The molecule has 1 heterocycles. The highest BCUT2D eigenvalue weighted by molar-refractivity contribution is 4.76. The molecule has 13 heavy (non-hydrogen) atoms. The molecule has 1 nitrogen and oxygen atoms in total. The van der Waals surface area contributed by atoms with Gasteiger partial charge in [-0.15, -0.1) is 0 Å². The summed E-state index contributed by atoms with van der Waals surface area (Å²) in [5.74, 6) is 1.83. The molecule has 1 aliphatic heterocycles. The Morgan fingerprint density at radius 1 is 1.08 bits per heavy atom. The molecule has 1 fully saturated rings. The van der Waals surface area contributed by atoms with Crippen molar-refractivity contribution in [2.75, 3.05) is 13.1 Å². The second kappa shape index (κ2) is 6.42. The summed E-state index contributed by atoms with van der Waals surface area (Å²) in [6.45, 7) is 16.0. The molecule has 1 heteroatoms. The summed E-state index contributed by atoms with van der Waals surface area (Å²) in [5, 5.41) is 0. The number of piperidine rings is 1. The predicted molar refractivity (Wildman–Crippen MR) is 61.0 cm³/mol. The summed E-state index contributed by atoms with van der Waals surface area (Å²) >= 11 is 0. The van der Waals surface area contributed by atoms with E-state index in [-0.39, 0.29) is 0 Å². The Bertz CT molecular complexity index is 120. The van der Waals surface area contributed by atoms with Gasteiger partial charge < -0.3 is 4.90 Å². The molecule has 1 aliphatic rings. The zero-order valence-corrected chi connectivity index (χ0v) is 10.3. The van der Waals surface area contributed by atoms with Crippen molar-refractivity contribution in [2.45, 2.75) is 54.0 Å². The van der Waals surface area contributed by atoms with Gasteiger partial charge in [0.25, 0.3) is 0 Å². The lowest BCUT2D eigenvalue weighted by Gasteiger charge is -2.37. The lowest BCUT2D eigenvalue weighted by atomic mass is 9.88. The summed E-state index contributed by atoms with van der Waals surface area (Å²) in [5.41, 5.74) is 0. The molecule has 0 aromatic rings. The van der Waals surface area contributed by atoms with E-state index in [1.165, 1.54) is 19.5 Å². The maximum Gasteiger partial charge on any atom is 0.00387 e. The zero-order chi connectivity index (χ0) is 10.4. The van der Waals surface area contributed by atoms with Gasteiger partial charge in [-0.25, -0.2) is 0 Å². The fourth-order valence-corrected chi connectivity index (χ4v) is 1.76. The van der Waals surface area contributed by atoms with Gasteiger partial charge in [-0.1, -0.05) is 27.7 Å². The van der Waals surface area contributed by atoms with E-state index < -0.39 is 0 Å². The minimum Gasteiger partial charge on any atom is -0.301 e. The topological polar surface area (TPSA) is 3.24 Å². The predicted octanol–water partition coefficient (Wildman–Crippen LogP) is 3.40. The third-order valence-corrected chi connectivity index (χ3v) is 3.10. The summed E-state index contributed by atoms with van der Waals surface area (Å²) in [7, 11) is 0. The minimum absolute atomic E-state index is 0.741. The van der Waals surface area contributed by atoms with Crippen LogP contribution >= 0.6 is 0 Å². The number of rotatable bonds is 1. The maximum atomic E-state index is 2.59. The Labute approximate surface area is 84.5 Å². The third-order valence-electron chi connectivity index (χ3n) is 3.10. The van der Waals surface area contributed by atoms with Crippen LogP contribution in [0, 0.1) is 11.8 Å². The van der Waals surface area contributed by atoms with Crippen molar-refractivity contribution in [3.8, 4) is 0 Å². The Morgan fingerprint density at radius 3 is 2.00 bits per heavy atom. The van der Waals surface area contributed by atoms with Gasteiger partial charge in [-0.2, -0.15) is 0 Å². The molecule has 80 valence electrons.